The second-order valence-electron chi connectivity index (χ2n) is 4.49. The lowest BCUT2D eigenvalue weighted by atomic mass is 10.0. The molecule has 2 N–H and O–H groups in total. The van der Waals surface area contributed by atoms with Gasteiger partial charge in [-0.2, -0.15) is 0 Å². The summed E-state index contributed by atoms with van der Waals surface area (Å²) in [7, 11) is 1.61. The predicted molar refractivity (Wildman–Crippen MR) is 79.6 cm³/mol. The molecule has 0 spiro atoms. The molecule has 2 rings (SSSR count). The maximum Gasteiger partial charge on any atom is 0.225 e. The number of carbonyl (C=O) groups is 1. The van der Waals surface area contributed by atoms with Crippen LogP contribution < -0.4 is 20.1 Å². The van der Waals surface area contributed by atoms with E-state index in [-0.39, 0.29) is 24.2 Å². The number of benzene rings is 1. The normalized spacial score (nSPS) is 13.9. The Labute approximate surface area is 125 Å². The molecule has 1 aliphatic heterocycles. The number of rotatable bonds is 6. The minimum atomic E-state index is 0. The van der Waals surface area contributed by atoms with E-state index in [0.717, 1.165) is 18.7 Å². The Balaban J connectivity index is 0.00000200. The highest BCUT2D eigenvalue weighted by Crippen LogP contribution is 2.27. The fraction of sp³-hybridized carbons (Fsp3) is 0.500. The van der Waals surface area contributed by atoms with Crippen LogP contribution in [0.5, 0.6) is 11.5 Å². The van der Waals surface area contributed by atoms with Gasteiger partial charge in [0.05, 0.1) is 19.6 Å². The predicted octanol–water partition coefficient (Wildman–Crippen LogP) is 1.35. The van der Waals surface area contributed by atoms with Gasteiger partial charge in [-0.15, -0.1) is 12.4 Å². The lowest BCUT2D eigenvalue weighted by Gasteiger charge is -2.25. The van der Waals surface area contributed by atoms with Crippen molar-refractivity contribution in [3.63, 3.8) is 0 Å². The molecule has 1 aromatic carbocycles. The molecular formula is C14H21ClN2O3. The van der Waals surface area contributed by atoms with Crippen molar-refractivity contribution in [1.29, 1.82) is 0 Å². The van der Waals surface area contributed by atoms with Gasteiger partial charge in [-0.05, 0) is 24.6 Å². The smallest absolute Gasteiger partial charge is 0.225 e. The minimum Gasteiger partial charge on any atom is -0.493 e. The molecule has 1 saturated heterocycles. The van der Waals surface area contributed by atoms with E-state index < -0.39 is 0 Å². The molecule has 0 saturated carbocycles. The van der Waals surface area contributed by atoms with Crippen molar-refractivity contribution in [3.05, 3.63) is 23.8 Å². The molecule has 0 atom stereocenters. The Bertz CT molecular complexity index is 450. The zero-order valence-corrected chi connectivity index (χ0v) is 12.6. The Morgan fingerprint density at radius 1 is 1.40 bits per heavy atom. The average molecular weight is 301 g/mol. The number of hydrogen-bond acceptors (Lipinski definition) is 4. The molecule has 1 fully saturated rings. The molecule has 112 valence electrons. The van der Waals surface area contributed by atoms with E-state index in [9.17, 15) is 4.79 Å². The number of ether oxygens (including phenoxy) is 2. The standard InChI is InChI=1S/C14H20N2O3.ClH/c1-3-19-13-6-10(4-5-12(13)18-2)7-16-14(17)11-8-15-9-11;/h4-6,11,15H,3,7-9H2,1-2H3,(H,16,17);1H. The van der Waals surface area contributed by atoms with Crippen LogP contribution in [0.15, 0.2) is 18.2 Å². The number of carbonyl (C=O) groups excluding carboxylic acids is 1. The first-order valence-electron chi connectivity index (χ1n) is 6.52. The summed E-state index contributed by atoms with van der Waals surface area (Å²) in [6, 6.07) is 5.69. The summed E-state index contributed by atoms with van der Waals surface area (Å²) < 4.78 is 10.7. The van der Waals surface area contributed by atoms with E-state index in [1.807, 2.05) is 25.1 Å². The molecular weight excluding hydrogens is 280 g/mol. The third-order valence-electron chi connectivity index (χ3n) is 3.15. The first-order valence-corrected chi connectivity index (χ1v) is 6.52. The van der Waals surface area contributed by atoms with Crippen molar-refractivity contribution in [2.24, 2.45) is 5.92 Å². The maximum absolute atomic E-state index is 11.7. The maximum atomic E-state index is 11.7. The SMILES string of the molecule is CCOc1cc(CNC(=O)C2CNC2)ccc1OC.Cl. The monoisotopic (exact) mass is 300 g/mol. The van der Waals surface area contributed by atoms with Gasteiger partial charge in [-0.25, -0.2) is 0 Å². The first-order chi connectivity index (χ1) is 9.24. The highest BCUT2D eigenvalue weighted by atomic mass is 35.5. The summed E-state index contributed by atoms with van der Waals surface area (Å²) in [5, 5.41) is 6.02. The average Bonchev–Trinajstić information content (AvgIpc) is 2.35. The lowest BCUT2D eigenvalue weighted by Crippen LogP contribution is -2.50. The van der Waals surface area contributed by atoms with Gasteiger partial charge in [0, 0.05) is 19.6 Å². The second kappa shape index (κ2) is 7.97. The zero-order chi connectivity index (χ0) is 13.7. The van der Waals surface area contributed by atoms with Crippen LogP contribution in [0.2, 0.25) is 0 Å². The van der Waals surface area contributed by atoms with Crippen LogP contribution >= 0.6 is 12.4 Å². The van der Waals surface area contributed by atoms with Crippen molar-refractivity contribution < 1.29 is 14.3 Å². The Kier molecular flexibility index (Phi) is 6.61. The fourth-order valence-electron chi connectivity index (χ4n) is 1.91. The molecule has 0 aliphatic carbocycles. The summed E-state index contributed by atoms with van der Waals surface area (Å²) >= 11 is 0. The van der Waals surface area contributed by atoms with Crippen LogP contribution in [0.25, 0.3) is 0 Å². The molecule has 0 bridgehead atoms. The van der Waals surface area contributed by atoms with Crippen molar-refractivity contribution >= 4 is 18.3 Å². The quantitative estimate of drug-likeness (QED) is 0.833. The summed E-state index contributed by atoms with van der Waals surface area (Å²) in [6.07, 6.45) is 0. The minimum absolute atomic E-state index is 0. The molecule has 0 radical (unpaired) electrons. The van der Waals surface area contributed by atoms with Crippen molar-refractivity contribution in [2.45, 2.75) is 13.5 Å². The molecule has 1 aromatic rings. The van der Waals surface area contributed by atoms with Crippen molar-refractivity contribution in [1.82, 2.24) is 10.6 Å². The van der Waals surface area contributed by atoms with Crippen LogP contribution in [-0.2, 0) is 11.3 Å². The van der Waals surface area contributed by atoms with E-state index in [2.05, 4.69) is 10.6 Å². The molecule has 1 aliphatic rings. The van der Waals surface area contributed by atoms with Gasteiger partial charge in [0.25, 0.3) is 0 Å². The van der Waals surface area contributed by atoms with Crippen LogP contribution in [0.3, 0.4) is 0 Å². The van der Waals surface area contributed by atoms with Crippen LogP contribution in [0, 0.1) is 5.92 Å². The number of halogens is 1. The lowest BCUT2D eigenvalue weighted by molar-refractivity contribution is -0.126. The van der Waals surface area contributed by atoms with Crippen LogP contribution in [0.1, 0.15) is 12.5 Å². The molecule has 20 heavy (non-hydrogen) atoms. The summed E-state index contributed by atoms with van der Waals surface area (Å²) in [5.74, 6) is 1.64. The summed E-state index contributed by atoms with van der Waals surface area (Å²) in [6.45, 7) is 4.58. The molecule has 6 heteroatoms. The van der Waals surface area contributed by atoms with Gasteiger partial charge in [0.1, 0.15) is 0 Å². The first kappa shape index (κ1) is 16.6. The van der Waals surface area contributed by atoms with E-state index in [0.29, 0.717) is 24.7 Å². The van der Waals surface area contributed by atoms with Crippen molar-refractivity contribution in [2.75, 3.05) is 26.8 Å². The Hall–Kier alpha value is -1.46. The van der Waals surface area contributed by atoms with E-state index in [4.69, 9.17) is 9.47 Å². The highest BCUT2D eigenvalue weighted by Gasteiger charge is 2.24. The Morgan fingerprint density at radius 3 is 2.70 bits per heavy atom. The number of amides is 1. The van der Waals surface area contributed by atoms with Gasteiger partial charge >= 0.3 is 0 Å². The molecule has 5 nitrogen and oxygen atoms in total. The van der Waals surface area contributed by atoms with Gasteiger partial charge in [0.2, 0.25) is 5.91 Å². The molecule has 1 amide bonds. The van der Waals surface area contributed by atoms with Gasteiger partial charge in [0.15, 0.2) is 11.5 Å². The second-order valence-corrected chi connectivity index (χ2v) is 4.49. The van der Waals surface area contributed by atoms with E-state index >= 15 is 0 Å². The number of hydrogen-bond donors (Lipinski definition) is 2. The van der Waals surface area contributed by atoms with Gasteiger partial charge < -0.3 is 20.1 Å². The molecule has 0 aromatic heterocycles. The van der Waals surface area contributed by atoms with Gasteiger partial charge in [-0.1, -0.05) is 6.07 Å². The Morgan fingerprint density at radius 2 is 2.15 bits per heavy atom. The number of methoxy groups -OCH3 is 1. The van der Waals surface area contributed by atoms with Crippen molar-refractivity contribution in [3.8, 4) is 11.5 Å². The van der Waals surface area contributed by atoms with Crippen LogP contribution in [0.4, 0.5) is 0 Å². The summed E-state index contributed by atoms with van der Waals surface area (Å²) in [4.78, 5) is 11.7. The van der Waals surface area contributed by atoms with E-state index in [1.165, 1.54) is 0 Å². The highest BCUT2D eigenvalue weighted by molar-refractivity contribution is 5.85. The fourth-order valence-corrected chi connectivity index (χ4v) is 1.91. The molecule has 1 heterocycles. The van der Waals surface area contributed by atoms with Crippen LogP contribution in [-0.4, -0.2) is 32.7 Å². The largest absolute Gasteiger partial charge is 0.493 e. The summed E-state index contributed by atoms with van der Waals surface area (Å²) in [5.41, 5.74) is 1.00. The molecule has 0 unspecified atom stereocenters. The third-order valence-corrected chi connectivity index (χ3v) is 3.15. The number of nitrogens with one attached hydrogen (secondary N) is 2. The topological polar surface area (TPSA) is 59.6 Å². The van der Waals surface area contributed by atoms with E-state index in [1.54, 1.807) is 7.11 Å². The zero-order valence-electron chi connectivity index (χ0n) is 11.8. The van der Waals surface area contributed by atoms with Gasteiger partial charge in [-0.3, -0.25) is 4.79 Å². The third kappa shape index (κ3) is 4.02.